The number of aromatic nitrogens is 1. The quantitative estimate of drug-likeness (QED) is 0.933. The molecule has 2 amide bonds. The summed E-state index contributed by atoms with van der Waals surface area (Å²) in [6.07, 6.45) is 5.03. The van der Waals surface area contributed by atoms with Gasteiger partial charge < -0.3 is 19.5 Å². The van der Waals surface area contributed by atoms with E-state index >= 15 is 0 Å². The van der Waals surface area contributed by atoms with E-state index in [1.807, 2.05) is 58.3 Å². The van der Waals surface area contributed by atoms with Crippen molar-refractivity contribution in [3.05, 3.63) is 48.8 Å². The van der Waals surface area contributed by atoms with E-state index in [0.717, 1.165) is 57.2 Å². The van der Waals surface area contributed by atoms with Gasteiger partial charge >= 0.3 is 6.03 Å². The molecule has 3 heterocycles. The second-order valence-electron chi connectivity index (χ2n) is 6.61. The van der Waals surface area contributed by atoms with Crippen LogP contribution in [0.4, 0.5) is 10.5 Å². The van der Waals surface area contributed by atoms with Gasteiger partial charge in [-0.3, -0.25) is 4.90 Å². The molecule has 1 aromatic carbocycles. The lowest BCUT2D eigenvalue weighted by atomic mass is 10.2. The third kappa shape index (κ3) is 3.70. The van der Waals surface area contributed by atoms with Gasteiger partial charge in [0.15, 0.2) is 0 Å². The van der Waals surface area contributed by atoms with Gasteiger partial charge in [-0.2, -0.15) is 0 Å². The Morgan fingerprint density at radius 1 is 1.08 bits per heavy atom. The first-order valence-electron chi connectivity index (χ1n) is 8.91. The summed E-state index contributed by atoms with van der Waals surface area (Å²) in [4.78, 5) is 17.0. The summed E-state index contributed by atoms with van der Waals surface area (Å²) in [6.45, 7) is 5.15. The number of urea groups is 1. The van der Waals surface area contributed by atoms with Crippen LogP contribution < -0.4 is 5.32 Å². The lowest BCUT2D eigenvalue weighted by Gasteiger charge is -2.32. The molecule has 6 nitrogen and oxygen atoms in total. The topological polar surface area (TPSA) is 49.7 Å². The molecule has 1 atom stereocenters. The fourth-order valence-electron chi connectivity index (χ4n) is 3.62. The second kappa shape index (κ2) is 7.29. The number of likely N-dealkylation sites (tertiary alicyclic amines) is 1. The maximum absolute atomic E-state index is 12.6. The van der Waals surface area contributed by atoms with Crippen molar-refractivity contribution in [2.75, 3.05) is 44.7 Å². The summed E-state index contributed by atoms with van der Waals surface area (Å²) in [6, 6.07) is 12.3. The number of amides is 2. The number of carbonyl (C=O) groups is 1. The zero-order chi connectivity index (χ0) is 17.1. The highest BCUT2D eigenvalue weighted by Gasteiger charge is 2.31. The maximum atomic E-state index is 12.6. The highest BCUT2D eigenvalue weighted by atomic mass is 16.5. The first-order valence-corrected chi connectivity index (χ1v) is 8.91. The van der Waals surface area contributed by atoms with Crippen LogP contribution in [0.1, 0.15) is 6.42 Å². The second-order valence-corrected chi connectivity index (χ2v) is 6.61. The van der Waals surface area contributed by atoms with Gasteiger partial charge in [0, 0.05) is 56.0 Å². The number of anilines is 1. The number of benzene rings is 1. The Bertz CT molecular complexity index is 710. The largest absolute Gasteiger partial charge is 0.379 e. The summed E-state index contributed by atoms with van der Waals surface area (Å²) in [5.74, 6) is 0. The fourth-order valence-corrected chi connectivity index (χ4v) is 3.62. The van der Waals surface area contributed by atoms with Crippen molar-refractivity contribution >= 4 is 11.7 Å². The van der Waals surface area contributed by atoms with Gasteiger partial charge in [-0.25, -0.2) is 4.79 Å². The Labute approximate surface area is 148 Å². The van der Waals surface area contributed by atoms with Gasteiger partial charge in [-0.05, 0) is 36.8 Å². The number of rotatable bonds is 3. The molecular weight excluding hydrogens is 316 g/mol. The molecule has 132 valence electrons. The Morgan fingerprint density at radius 3 is 2.68 bits per heavy atom. The van der Waals surface area contributed by atoms with Crippen molar-refractivity contribution in [3.8, 4) is 5.69 Å². The molecule has 0 aliphatic carbocycles. The van der Waals surface area contributed by atoms with Crippen molar-refractivity contribution in [1.29, 1.82) is 0 Å². The van der Waals surface area contributed by atoms with E-state index in [4.69, 9.17) is 4.74 Å². The summed E-state index contributed by atoms with van der Waals surface area (Å²) in [5.41, 5.74) is 1.86. The predicted octanol–water partition coefficient (Wildman–Crippen LogP) is 2.42. The number of morpholine rings is 1. The first kappa shape index (κ1) is 16.2. The Morgan fingerprint density at radius 2 is 1.88 bits per heavy atom. The van der Waals surface area contributed by atoms with E-state index in [1.165, 1.54) is 0 Å². The molecule has 2 aromatic rings. The zero-order valence-electron chi connectivity index (χ0n) is 14.3. The lowest BCUT2D eigenvalue weighted by Crippen LogP contribution is -2.45. The molecule has 0 saturated carbocycles. The van der Waals surface area contributed by atoms with Crippen molar-refractivity contribution < 1.29 is 9.53 Å². The molecular formula is C19H24N4O2. The Hall–Kier alpha value is -2.31. The molecule has 2 saturated heterocycles. The normalized spacial score (nSPS) is 21.4. The van der Waals surface area contributed by atoms with Crippen molar-refractivity contribution in [1.82, 2.24) is 14.4 Å². The maximum Gasteiger partial charge on any atom is 0.321 e. The highest BCUT2D eigenvalue weighted by molar-refractivity contribution is 5.89. The molecule has 25 heavy (non-hydrogen) atoms. The molecule has 2 fully saturated rings. The van der Waals surface area contributed by atoms with E-state index in [-0.39, 0.29) is 6.03 Å². The minimum Gasteiger partial charge on any atom is -0.379 e. The molecule has 0 radical (unpaired) electrons. The van der Waals surface area contributed by atoms with Gasteiger partial charge in [0.25, 0.3) is 0 Å². The number of hydrogen-bond donors (Lipinski definition) is 1. The van der Waals surface area contributed by atoms with Crippen LogP contribution in [0, 0.1) is 0 Å². The fraction of sp³-hybridized carbons (Fsp3) is 0.421. The number of ether oxygens (including phenoxy) is 1. The predicted molar refractivity (Wildman–Crippen MR) is 97.2 cm³/mol. The van der Waals surface area contributed by atoms with Gasteiger partial charge in [0.05, 0.1) is 13.2 Å². The average Bonchev–Trinajstić information content (AvgIpc) is 3.35. The van der Waals surface area contributed by atoms with Gasteiger partial charge in [0.2, 0.25) is 0 Å². The van der Waals surface area contributed by atoms with Crippen molar-refractivity contribution in [3.63, 3.8) is 0 Å². The number of carbonyl (C=O) groups excluding carboxylic acids is 1. The number of nitrogens with zero attached hydrogens (tertiary/aromatic N) is 3. The molecule has 6 heteroatoms. The highest BCUT2D eigenvalue weighted by Crippen LogP contribution is 2.19. The van der Waals surface area contributed by atoms with Crippen LogP contribution in [0.5, 0.6) is 0 Å². The van der Waals surface area contributed by atoms with E-state index < -0.39 is 0 Å². The molecule has 2 aliphatic heterocycles. The number of hydrogen-bond acceptors (Lipinski definition) is 3. The SMILES string of the molecule is O=C(Nc1cccc(-n2cccc2)c1)N1CC[C@@H](N2CCOCC2)C1. The van der Waals surface area contributed by atoms with E-state index in [9.17, 15) is 4.79 Å². The van der Waals surface area contributed by atoms with Crippen LogP contribution >= 0.6 is 0 Å². The van der Waals surface area contributed by atoms with Crippen LogP contribution in [0.25, 0.3) is 5.69 Å². The van der Waals surface area contributed by atoms with E-state index in [0.29, 0.717) is 6.04 Å². The molecule has 1 aromatic heterocycles. The van der Waals surface area contributed by atoms with Crippen LogP contribution in [0.15, 0.2) is 48.8 Å². The minimum absolute atomic E-state index is 0.0135. The van der Waals surface area contributed by atoms with Crippen LogP contribution in [-0.2, 0) is 4.74 Å². The van der Waals surface area contributed by atoms with Gasteiger partial charge in [0.1, 0.15) is 0 Å². The van der Waals surface area contributed by atoms with Crippen LogP contribution in [0.2, 0.25) is 0 Å². The van der Waals surface area contributed by atoms with Crippen molar-refractivity contribution in [2.45, 2.75) is 12.5 Å². The minimum atomic E-state index is -0.0135. The Kier molecular flexibility index (Phi) is 4.72. The standard InChI is InChI=1S/C19H24N4O2/c24-19(23-9-6-18(15-23)22-10-12-25-13-11-22)20-16-4-3-5-17(14-16)21-7-1-2-8-21/h1-5,7-8,14,18H,6,9-13,15H2,(H,20,24)/t18-/m1/s1. The summed E-state index contributed by atoms with van der Waals surface area (Å²) < 4.78 is 7.45. The monoisotopic (exact) mass is 340 g/mol. The number of nitrogens with one attached hydrogen (secondary N) is 1. The summed E-state index contributed by atoms with van der Waals surface area (Å²) in [7, 11) is 0. The third-order valence-electron chi connectivity index (χ3n) is 5.01. The molecule has 2 aliphatic rings. The van der Waals surface area contributed by atoms with Crippen LogP contribution in [0.3, 0.4) is 0 Å². The smallest absolute Gasteiger partial charge is 0.321 e. The molecule has 4 rings (SSSR count). The molecule has 1 N–H and O–H groups in total. The molecule has 0 spiro atoms. The lowest BCUT2D eigenvalue weighted by molar-refractivity contribution is 0.0192. The average molecular weight is 340 g/mol. The Balaban J connectivity index is 1.37. The van der Waals surface area contributed by atoms with E-state index in [2.05, 4.69) is 10.2 Å². The zero-order valence-corrected chi connectivity index (χ0v) is 14.3. The third-order valence-corrected chi connectivity index (χ3v) is 5.01. The molecule has 0 unspecified atom stereocenters. The summed E-state index contributed by atoms with van der Waals surface area (Å²) >= 11 is 0. The van der Waals surface area contributed by atoms with Crippen LogP contribution in [-0.4, -0.2) is 65.8 Å². The van der Waals surface area contributed by atoms with E-state index in [1.54, 1.807) is 0 Å². The van der Waals surface area contributed by atoms with Gasteiger partial charge in [-0.1, -0.05) is 6.07 Å². The van der Waals surface area contributed by atoms with Crippen molar-refractivity contribution in [2.24, 2.45) is 0 Å². The first-order chi connectivity index (χ1) is 12.3. The summed E-state index contributed by atoms with van der Waals surface area (Å²) in [5, 5.41) is 3.04. The molecule has 0 bridgehead atoms. The van der Waals surface area contributed by atoms with Gasteiger partial charge in [-0.15, -0.1) is 0 Å².